The van der Waals surface area contributed by atoms with Crippen molar-refractivity contribution in [2.24, 2.45) is 0 Å². The maximum absolute atomic E-state index is 13.4. The number of furan rings is 1. The first-order valence-electron chi connectivity index (χ1n) is 11.4. The van der Waals surface area contributed by atoms with Crippen LogP contribution in [0.3, 0.4) is 0 Å². The SMILES string of the molecule is Cc1cccn2c(=O)c(C=C(C#N)C(=O)NCc3ccco3)c(Oc3ccc(C(C)(C)C)cc3)nc12. The monoisotopic (exact) mass is 482 g/mol. The molecular formula is C28H26N4O4. The van der Waals surface area contributed by atoms with E-state index < -0.39 is 11.5 Å². The average molecular weight is 483 g/mol. The number of benzene rings is 1. The third-order valence-electron chi connectivity index (χ3n) is 5.64. The van der Waals surface area contributed by atoms with Gasteiger partial charge in [-0.05, 0) is 59.9 Å². The molecule has 0 aliphatic rings. The van der Waals surface area contributed by atoms with Crippen molar-refractivity contribution in [2.45, 2.75) is 39.7 Å². The van der Waals surface area contributed by atoms with E-state index in [0.29, 0.717) is 17.2 Å². The van der Waals surface area contributed by atoms with Gasteiger partial charge >= 0.3 is 0 Å². The van der Waals surface area contributed by atoms with Crippen LogP contribution in [0.15, 0.2) is 75.8 Å². The molecule has 36 heavy (non-hydrogen) atoms. The van der Waals surface area contributed by atoms with Crippen LogP contribution in [0.2, 0.25) is 0 Å². The van der Waals surface area contributed by atoms with E-state index in [1.54, 1.807) is 36.5 Å². The molecule has 0 bridgehead atoms. The van der Waals surface area contributed by atoms with Gasteiger partial charge in [0.2, 0.25) is 5.88 Å². The van der Waals surface area contributed by atoms with Crippen molar-refractivity contribution in [1.82, 2.24) is 14.7 Å². The predicted octanol–water partition coefficient (Wildman–Crippen LogP) is 4.91. The third kappa shape index (κ3) is 5.20. The molecule has 1 amide bonds. The van der Waals surface area contributed by atoms with Crippen LogP contribution < -0.4 is 15.6 Å². The molecule has 0 unspecified atom stereocenters. The molecular weight excluding hydrogens is 456 g/mol. The van der Waals surface area contributed by atoms with Crippen molar-refractivity contribution in [3.05, 3.63) is 99.4 Å². The van der Waals surface area contributed by atoms with E-state index in [2.05, 4.69) is 31.1 Å². The molecule has 0 aliphatic heterocycles. The van der Waals surface area contributed by atoms with Crippen LogP contribution in [-0.4, -0.2) is 15.3 Å². The van der Waals surface area contributed by atoms with Gasteiger partial charge in [-0.15, -0.1) is 0 Å². The van der Waals surface area contributed by atoms with Gasteiger partial charge in [-0.3, -0.25) is 14.0 Å². The number of rotatable bonds is 6. The predicted molar refractivity (Wildman–Crippen MR) is 136 cm³/mol. The maximum Gasteiger partial charge on any atom is 0.269 e. The summed E-state index contributed by atoms with van der Waals surface area (Å²) in [5.41, 5.74) is 1.54. The van der Waals surface area contributed by atoms with Crippen LogP contribution in [0.5, 0.6) is 11.6 Å². The molecule has 0 aliphatic carbocycles. The Hall–Kier alpha value is -4.64. The number of aryl methyl sites for hydroxylation is 1. The van der Waals surface area contributed by atoms with Crippen molar-refractivity contribution in [1.29, 1.82) is 5.26 Å². The zero-order valence-electron chi connectivity index (χ0n) is 20.5. The van der Waals surface area contributed by atoms with E-state index in [0.717, 1.165) is 11.1 Å². The lowest BCUT2D eigenvalue weighted by Gasteiger charge is -2.19. The Bertz CT molecular complexity index is 1530. The number of carbonyl (C=O) groups is 1. The summed E-state index contributed by atoms with van der Waals surface area (Å²) in [6.45, 7) is 8.27. The number of amides is 1. The second kappa shape index (κ2) is 9.92. The lowest BCUT2D eigenvalue weighted by molar-refractivity contribution is -0.117. The molecule has 0 saturated carbocycles. The number of hydrogen-bond acceptors (Lipinski definition) is 6. The highest BCUT2D eigenvalue weighted by molar-refractivity contribution is 6.01. The Labute approximate surface area is 208 Å². The zero-order chi connectivity index (χ0) is 25.9. The summed E-state index contributed by atoms with van der Waals surface area (Å²) in [6, 6.07) is 16.3. The van der Waals surface area contributed by atoms with E-state index in [-0.39, 0.29) is 29.0 Å². The molecule has 1 aromatic carbocycles. The number of nitrogens with one attached hydrogen (secondary N) is 1. The summed E-state index contributed by atoms with van der Waals surface area (Å²) in [5, 5.41) is 12.3. The first-order valence-corrected chi connectivity index (χ1v) is 11.4. The minimum Gasteiger partial charge on any atom is -0.467 e. The quantitative estimate of drug-likeness (QED) is 0.309. The smallest absolute Gasteiger partial charge is 0.269 e. The van der Waals surface area contributed by atoms with E-state index in [1.165, 1.54) is 16.7 Å². The Kier molecular flexibility index (Phi) is 6.75. The summed E-state index contributed by atoms with van der Waals surface area (Å²) in [7, 11) is 0. The van der Waals surface area contributed by atoms with Crippen molar-refractivity contribution >= 4 is 17.6 Å². The molecule has 8 nitrogen and oxygen atoms in total. The molecule has 0 saturated heterocycles. The van der Waals surface area contributed by atoms with Gasteiger partial charge in [-0.25, -0.2) is 0 Å². The molecule has 1 N–H and O–H groups in total. The topological polar surface area (TPSA) is 110 Å². The first kappa shape index (κ1) is 24.5. The minimum absolute atomic E-state index is 0.00407. The van der Waals surface area contributed by atoms with Crippen LogP contribution in [0.1, 0.15) is 43.2 Å². The highest BCUT2D eigenvalue weighted by Gasteiger charge is 2.19. The summed E-state index contributed by atoms with van der Waals surface area (Å²) in [4.78, 5) is 30.7. The number of pyridine rings is 1. The Morgan fingerprint density at radius 3 is 2.58 bits per heavy atom. The zero-order valence-corrected chi connectivity index (χ0v) is 20.5. The minimum atomic E-state index is -0.650. The molecule has 0 atom stereocenters. The van der Waals surface area contributed by atoms with Gasteiger partial charge in [-0.2, -0.15) is 10.2 Å². The normalized spacial score (nSPS) is 11.8. The fourth-order valence-corrected chi connectivity index (χ4v) is 3.60. The summed E-state index contributed by atoms with van der Waals surface area (Å²) < 4.78 is 12.6. The van der Waals surface area contributed by atoms with Crippen molar-refractivity contribution in [3.8, 4) is 17.7 Å². The average Bonchev–Trinajstić information content (AvgIpc) is 3.37. The standard InChI is InChI=1S/C28H26N4O4/c1-18-7-5-13-32-24(18)31-26(36-21-11-9-20(10-12-21)28(2,3)4)23(27(32)34)15-19(16-29)25(33)30-17-22-8-6-14-35-22/h5-15H,17H2,1-4H3,(H,30,33). The number of aromatic nitrogens is 2. The lowest BCUT2D eigenvalue weighted by atomic mass is 9.87. The Morgan fingerprint density at radius 1 is 1.19 bits per heavy atom. The van der Waals surface area contributed by atoms with E-state index >= 15 is 0 Å². The molecule has 0 spiro atoms. The van der Waals surface area contributed by atoms with Gasteiger partial charge in [0.15, 0.2) is 0 Å². The molecule has 4 rings (SSSR count). The van der Waals surface area contributed by atoms with Gasteiger partial charge in [-0.1, -0.05) is 39.0 Å². The van der Waals surface area contributed by atoms with Crippen molar-refractivity contribution in [2.75, 3.05) is 0 Å². The van der Waals surface area contributed by atoms with Gasteiger partial charge < -0.3 is 14.5 Å². The van der Waals surface area contributed by atoms with Gasteiger partial charge in [0.1, 0.15) is 34.4 Å². The fraction of sp³-hybridized carbons (Fsp3) is 0.214. The van der Waals surface area contributed by atoms with Crippen LogP contribution >= 0.6 is 0 Å². The second-order valence-electron chi connectivity index (χ2n) is 9.33. The lowest BCUT2D eigenvalue weighted by Crippen LogP contribution is -2.25. The molecule has 0 radical (unpaired) electrons. The molecule has 0 fully saturated rings. The highest BCUT2D eigenvalue weighted by Crippen LogP contribution is 2.28. The number of ether oxygens (including phenoxy) is 1. The molecule has 3 heterocycles. The Morgan fingerprint density at radius 2 is 1.94 bits per heavy atom. The van der Waals surface area contributed by atoms with E-state index in [1.807, 2.05) is 31.2 Å². The number of nitriles is 1. The van der Waals surface area contributed by atoms with Gasteiger partial charge in [0.25, 0.3) is 11.5 Å². The third-order valence-corrected chi connectivity index (χ3v) is 5.64. The largest absolute Gasteiger partial charge is 0.467 e. The number of nitrogens with zero attached hydrogens (tertiary/aromatic N) is 3. The molecule has 4 aromatic rings. The summed E-state index contributed by atoms with van der Waals surface area (Å²) >= 11 is 0. The van der Waals surface area contributed by atoms with Crippen LogP contribution in [0, 0.1) is 18.3 Å². The molecule has 182 valence electrons. The molecule has 8 heteroatoms. The summed E-state index contributed by atoms with van der Waals surface area (Å²) in [6.07, 6.45) is 4.28. The van der Waals surface area contributed by atoms with E-state index in [9.17, 15) is 14.9 Å². The van der Waals surface area contributed by atoms with Gasteiger partial charge in [0.05, 0.1) is 12.8 Å². The number of fused-ring (bicyclic) bond motifs is 1. The van der Waals surface area contributed by atoms with Gasteiger partial charge in [0, 0.05) is 6.20 Å². The first-order chi connectivity index (χ1) is 17.2. The Balaban J connectivity index is 1.77. The van der Waals surface area contributed by atoms with E-state index in [4.69, 9.17) is 9.15 Å². The summed E-state index contributed by atoms with van der Waals surface area (Å²) in [5.74, 6) is 0.363. The van der Waals surface area contributed by atoms with Crippen molar-refractivity contribution < 1.29 is 13.9 Å². The van der Waals surface area contributed by atoms with Crippen molar-refractivity contribution in [3.63, 3.8) is 0 Å². The van der Waals surface area contributed by atoms with Crippen LogP contribution in [0.25, 0.3) is 11.7 Å². The second-order valence-corrected chi connectivity index (χ2v) is 9.33. The molecule has 3 aromatic heterocycles. The maximum atomic E-state index is 13.4. The number of carbonyl (C=O) groups excluding carboxylic acids is 1. The number of hydrogen-bond donors (Lipinski definition) is 1. The van der Waals surface area contributed by atoms with Crippen LogP contribution in [-0.2, 0) is 16.8 Å². The van der Waals surface area contributed by atoms with Crippen LogP contribution in [0.4, 0.5) is 0 Å². The highest BCUT2D eigenvalue weighted by atomic mass is 16.5. The fourth-order valence-electron chi connectivity index (χ4n) is 3.60.